The summed E-state index contributed by atoms with van der Waals surface area (Å²) >= 11 is 0. The van der Waals surface area contributed by atoms with Crippen LogP contribution in [0.15, 0.2) is 21.0 Å². The second-order valence-electron chi connectivity index (χ2n) is 7.96. The van der Waals surface area contributed by atoms with Gasteiger partial charge >= 0.3 is 0 Å². The highest BCUT2D eigenvalue weighted by Crippen LogP contribution is 2.35. The van der Waals surface area contributed by atoms with Gasteiger partial charge < -0.3 is 18.6 Å². The van der Waals surface area contributed by atoms with Gasteiger partial charge in [0.2, 0.25) is 0 Å². The minimum absolute atomic E-state index is 0.0376. The molecule has 1 aromatic carbocycles. The molecule has 2 aromatic heterocycles. The van der Waals surface area contributed by atoms with Gasteiger partial charge in [0.15, 0.2) is 11.5 Å². The van der Waals surface area contributed by atoms with Crippen LogP contribution in [0, 0.1) is 13.8 Å². The Hall–Kier alpha value is -2.76. The first-order chi connectivity index (χ1) is 13.5. The highest BCUT2D eigenvalue weighted by molar-refractivity contribution is 6.05. The van der Waals surface area contributed by atoms with Gasteiger partial charge in [0.25, 0.3) is 11.8 Å². The Labute approximate surface area is 163 Å². The number of hydrogen-bond donors (Lipinski definition) is 0. The van der Waals surface area contributed by atoms with E-state index in [1.165, 1.54) is 0 Å². The summed E-state index contributed by atoms with van der Waals surface area (Å²) in [5.74, 6) is 0.750. The van der Waals surface area contributed by atoms with Crippen molar-refractivity contribution in [2.75, 3.05) is 26.2 Å². The zero-order chi connectivity index (χ0) is 19.4. The van der Waals surface area contributed by atoms with E-state index in [4.69, 9.17) is 8.83 Å². The van der Waals surface area contributed by atoms with Crippen molar-refractivity contribution >= 4 is 33.8 Å². The second kappa shape index (κ2) is 6.40. The van der Waals surface area contributed by atoms with E-state index in [2.05, 4.69) is 0 Å². The van der Waals surface area contributed by atoms with Gasteiger partial charge in [-0.1, -0.05) is 0 Å². The fourth-order valence-electron chi connectivity index (χ4n) is 4.47. The lowest BCUT2D eigenvalue weighted by molar-refractivity contribution is 0.0756. The molecular formula is C22H24N2O4. The molecule has 4 heterocycles. The lowest BCUT2D eigenvalue weighted by atomic mass is 10.1. The first-order valence-corrected chi connectivity index (χ1v) is 10.1. The van der Waals surface area contributed by atoms with Crippen molar-refractivity contribution in [2.24, 2.45) is 0 Å². The van der Waals surface area contributed by atoms with Gasteiger partial charge in [-0.3, -0.25) is 9.59 Å². The number of fused-ring (bicyclic) bond motifs is 2. The standard InChI is InChI=1S/C22H24N2O4/c1-13-15-11-18-16(14(2)20(28-18)22(26)24-9-5-6-10-24)12-17(15)27-19(13)21(25)23-7-3-4-8-23/h11-12H,3-10H2,1-2H3. The summed E-state index contributed by atoms with van der Waals surface area (Å²) in [6.07, 6.45) is 4.19. The molecule has 2 aliphatic rings. The first kappa shape index (κ1) is 17.3. The second-order valence-corrected chi connectivity index (χ2v) is 7.96. The summed E-state index contributed by atoms with van der Waals surface area (Å²) in [6, 6.07) is 3.80. The molecule has 28 heavy (non-hydrogen) atoms. The third kappa shape index (κ3) is 2.54. The molecule has 0 N–H and O–H groups in total. The van der Waals surface area contributed by atoms with Gasteiger partial charge in [-0.25, -0.2) is 0 Å². The molecule has 5 rings (SSSR count). The van der Waals surface area contributed by atoms with Gasteiger partial charge in [-0.05, 0) is 51.7 Å². The first-order valence-electron chi connectivity index (χ1n) is 10.1. The van der Waals surface area contributed by atoms with Crippen LogP contribution in [-0.2, 0) is 0 Å². The Morgan fingerprint density at radius 3 is 1.43 bits per heavy atom. The van der Waals surface area contributed by atoms with Crippen LogP contribution < -0.4 is 0 Å². The maximum atomic E-state index is 12.8. The van der Waals surface area contributed by atoms with Crippen LogP contribution in [0.25, 0.3) is 21.9 Å². The van der Waals surface area contributed by atoms with E-state index in [-0.39, 0.29) is 11.8 Å². The zero-order valence-corrected chi connectivity index (χ0v) is 16.3. The zero-order valence-electron chi connectivity index (χ0n) is 16.3. The molecule has 2 amide bonds. The lowest BCUT2D eigenvalue weighted by Crippen LogP contribution is -2.27. The third-order valence-corrected chi connectivity index (χ3v) is 6.17. The molecule has 0 radical (unpaired) electrons. The Morgan fingerprint density at radius 1 is 0.714 bits per heavy atom. The number of amides is 2. The smallest absolute Gasteiger partial charge is 0.289 e. The van der Waals surface area contributed by atoms with E-state index in [9.17, 15) is 9.59 Å². The number of carbonyl (C=O) groups excluding carboxylic acids is 2. The predicted molar refractivity (Wildman–Crippen MR) is 106 cm³/mol. The fraction of sp³-hybridized carbons (Fsp3) is 0.455. The van der Waals surface area contributed by atoms with E-state index < -0.39 is 0 Å². The largest absolute Gasteiger partial charge is 0.451 e. The van der Waals surface area contributed by atoms with Crippen LogP contribution >= 0.6 is 0 Å². The third-order valence-electron chi connectivity index (χ3n) is 6.17. The minimum atomic E-state index is -0.0376. The van der Waals surface area contributed by atoms with Crippen LogP contribution in [0.5, 0.6) is 0 Å². The number of aryl methyl sites for hydroxylation is 2. The van der Waals surface area contributed by atoms with Crippen LogP contribution in [0.4, 0.5) is 0 Å². The highest BCUT2D eigenvalue weighted by atomic mass is 16.4. The summed E-state index contributed by atoms with van der Waals surface area (Å²) in [4.78, 5) is 29.3. The summed E-state index contributed by atoms with van der Waals surface area (Å²) in [5, 5.41) is 1.73. The van der Waals surface area contributed by atoms with Crippen LogP contribution in [-0.4, -0.2) is 47.8 Å². The van der Waals surface area contributed by atoms with E-state index in [0.717, 1.165) is 73.8 Å². The summed E-state index contributed by atoms with van der Waals surface area (Å²) in [5.41, 5.74) is 2.98. The quantitative estimate of drug-likeness (QED) is 0.666. The van der Waals surface area contributed by atoms with Crippen LogP contribution in [0.2, 0.25) is 0 Å². The summed E-state index contributed by atoms with van der Waals surface area (Å²) in [6.45, 7) is 6.98. The molecule has 0 atom stereocenters. The molecular weight excluding hydrogens is 356 g/mol. The molecule has 146 valence electrons. The number of carbonyl (C=O) groups is 2. The van der Waals surface area contributed by atoms with E-state index >= 15 is 0 Å². The Morgan fingerprint density at radius 2 is 1.07 bits per heavy atom. The van der Waals surface area contributed by atoms with Crippen molar-refractivity contribution in [3.63, 3.8) is 0 Å². The number of furan rings is 2. The van der Waals surface area contributed by atoms with E-state index in [0.29, 0.717) is 22.7 Å². The molecule has 0 aliphatic carbocycles. The fourth-order valence-corrected chi connectivity index (χ4v) is 4.47. The molecule has 0 spiro atoms. The molecule has 0 saturated carbocycles. The molecule has 2 fully saturated rings. The number of rotatable bonds is 2. The van der Waals surface area contributed by atoms with E-state index in [1.54, 1.807) is 0 Å². The highest BCUT2D eigenvalue weighted by Gasteiger charge is 2.28. The molecule has 2 aliphatic heterocycles. The SMILES string of the molecule is Cc1c(C(=O)N2CCCC2)oc2cc3c(C)c(C(=O)N4CCCC4)oc3cc12. The molecule has 6 nitrogen and oxygen atoms in total. The van der Waals surface area contributed by atoms with Crippen molar-refractivity contribution < 1.29 is 18.4 Å². The van der Waals surface area contributed by atoms with Crippen molar-refractivity contribution in [3.8, 4) is 0 Å². The number of benzene rings is 1. The van der Waals surface area contributed by atoms with Crippen molar-refractivity contribution in [1.29, 1.82) is 0 Å². The molecule has 2 saturated heterocycles. The van der Waals surface area contributed by atoms with Gasteiger partial charge in [0.1, 0.15) is 11.2 Å². The average molecular weight is 380 g/mol. The predicted octanol–water partition coefficient (Wildman–Crippen LogP) is 4.27. The van der Waals surface area contributed by atoms with Gasteiger partial charge in [0.05, 0.1) is 0 Å². The van der Waals surface area contributed by atoms with Crippen molar-refractivity contribution in [2.45, 2.75) is 39.5 Å². The minimum Gasteiger partial charge on any atom is -0.451 e. The number of hydrogen-bond acceptors (Lipinski definition) is 4. The van der Waals surface area contributed by atoms with Gasteiger partial charge in [-0.15, -0.1) is 0 Å². The lowest BCUT2D eigenvalue weighted by Gasteiger charge is -2.13. The van der Waals surface area contributed by atoms with Crippen LogP contribution in [0.1, 0.15) is 57.9 Å². The maximum Gasteiger partial charge on any atom is 0.289 e. The topological polar surface area (TPSA) is 66.9 Å². The molecule has 0 unspecified atom stereocenters. The Kier molecular flexibility index (Phi) is 3.96. The monoisotopic (exact) mass is 380 g/mol. The van der Waals surface area contributed by atoms with Gasteiger partial charge in [-0.2, -0.15) is 0 Å². The number of nitrogens with zero attached hydrogens (tertiary/aromatic N) is 2. The Bertz CT molecular complexity index is 1010. The van der Waals surface area contributed by atoms with Crippen molar-refractivity contribution in [3.05, 3.63) is 34.8 Å². The normalized spacial score (nSPS) is 17.4. The Balaban J connectivity index is 1.57. The van der Waals surface area contributed by atoms with E-state index in [1.807, 2.05) is 35.8 Å². The van der Waals surface area contributed by atoms with Crippen molar-refractivity contribution in [1.82, 2.24) is 9.80 Å². The van der Waals surface area contributed by atoms with Gasteiger partial charge in [0, 0.05) is 48.1 Å². The average Bonchev–Trinajstić information content (AvgIpc) is 3.48. The summed E-state index contributed by atoms with van der Waals surface area (Å²) in [7, 11) is 0. The summed E-state index contributed by atoms with van der Waals surface area (Å²) < 4.78 is 12.0. The van der Waals surface area contributed by atoms with Crippen LogP contribution in [0.3, 0.4) is 0 Å². The maximum absolute atomic E-state index is 12.8. The molecule has 6 heteroatoms. The molecule has 0 bridgehead atoms. The number of likely N-dealkylation sites (tertiary alicyclic amines) is 2. The molecule has 3 aromatic rings.